The monoisotopic (exact) mass is 354 g/mol. The molecule has 1 atom stereocenters. The first-order valence-corrected chi connectivity index (χ1v) is 9.36. The molecule has 0 bridgehead atoms. The zero-order chi connectivity index (χ0) is 17.8. The molecule has 0 radical (unpaired) electrons. The number of hydrogen-bond donors (Lipinski definition) is 0. The van der Waals surface area contributed by atoms with Gasteiger partial charge >= 0.3 is 0 Å². The van der Waals surface area contributed by atoms with Gasteiger partial charge in [-0.25, -0.2) is 9.97 Å². The van der Waals surface area contributed by atoms with Crippen molar-refractivity contribution in [3.63, 3.8) is 0 Å². The van der Waals surface area contributed by atoms with Crippen molar-refractivity contribution in [1.29, 1.82) is 0 Å². The van der Waals surface area contributed by atoms with Crippen LogP contribution in [0.1, 0.15) is 12.8 Å². The number of morpholine rings is 1. The van der Waals surface area contributed by atoms with E-state index in [-0.39, 0.29) is 0 Å². The predicted molar refractivity (Wildman–Crippen MR) is 103 cm³/mol. The first-order valence-electron chi connectivity index (χ1n) is 9.36. The maximum atomic E-state index is 5.44. The van der Waals surface area contributed by atoms with Crippen LogP contribution in [0.4, 0.5) is 17.6 Å². The van der Waals surface area contributed by atoms with Gasteiger partial charge in [-0.15, -0.1) is 0 Å². The summed E-state index contributed by atoms with van der Waals surface area (Å²) in [5.41, 5.74) is 0. The van der Waals surface area contributed by atoms with Crippen LogP contribution in [-0.4, -0.2) is 67.4 Å². The Morgan fingerprint density at radius 2 is 1.88 bits per heavy atom. The maximum Gasteiger partial charge on any atom is 0.227 e. The number of likely N-dealkylation sites (N-methyl/N-ethyl adjacent to an activating group) is 1. The molecule has 2 aliphatic heterocycles. The lowest BCUT2D eigenvalue weighted by Crippen LogP contribution is -2.47. The van der Waals surface area contributed by atoms with E-state index >= 15 is 0 Å². The van der Waals surface area contributed by atoms with E-state index in [0.29, 0.717) is 6.04 Å². The molecule has 1 unspecified atom stereocenters. The Morgan fingerprint density at radius 1 is 1.00 bits per heavy atom. The second-order valence-corrected chi connectivity index (χ2v) is 6.86. The molecule has 4 heterocycles. The van der Waals surface area contributed by atoms with Crippen molar-refractivity contribution >= 4 is 17.6 Å². The number of ether oxygens (including phenoxy) is 1. The topological polar surface area (TPSA) is 57.6 Å². The van der Waals surface area contributed by atoms with E-state index in [9.17, 15) is 0 Å². The molecule has 0 amide bonds. The third-order valence-corrected chi connectivity index (χ3v) is 5.20. The van der Waals surface area contributed by atoms with Crippen molar-refractivity contribution in [2.45, 2.75) is 18.9 Å². The molecule has 0 aromatic carbocycles. The highest BCUT2D eigenvalue weighted by molar-refractivity contribution is 5.45. The molecule has 0 spiro atoms. The van der Waals surface area contributed by atoms with Gasteiger partial charge in [0.15, 0.2) is 0 Å². The second-order valence-electron chi connectivity index (χ2n) is 6.86. The van der Waals surface area contributed by atoms with Crippen molar-refractivity contribution < 1.29 is 4.74 Å². The second kappa shape index (κ2) is 7.86. The van der Waals surface area contributed by atoms with Gasteiger partial charge in [0.1, 0.15) is 11.6 Å². The zero-order valence-corrected chi connectivity index (χ0v) is 15.3. The molecule has 0 N–H and O–H groups in total. The highest BCUT2D eigenvalue weighted by Crippen LogP contribution is 2.23. The van der Waals surface area contributed by atoms with Gasteiger partial charge < -0.3 is 19.4 Å². The van der Waals surface area contributed by atoms with Crippen LogP contribution in [0.25, 0.3) is 0 Å². The fourth-order valence-electron chi connectivity index (χ4n) is 3.66. The third kappa shape index (κ3) is 3.72. The van der Waals surface area contributed by atoms with Gasteiger partial charge in [-0.3, -0.25) is 0 Å². The van der Waals surface area contributed by atoms with Crippen molar-refractivity contribution in [2.24, 2.45) is 0 Å². The Kier molecular flexibility index (Phi) is 5.15. The van der Waals surface area contributed by atoms with Gasteiger partial charge in [0.25, 0.3) is 0 Å². The summed E-state index contributed by atoms with van der Waals surface area (Å²) < 4.78 is 5.44. The van der Waals surface area contributed by atoms with Crippen molar-refractivity contribution in [2.75, 3.05) is 61.1 Å². The summed E-state index contributed by atoms with van der Waals surface area (Å²) in [5.74, 6) is 2.83. The number of hydrogen-bond acceptors (Lipinski definition) is 7. The quantitative estimate of drug-likeness (QED) is 0.830. The molecule has 4 rings (SSSR count). The highest BCUT2D eigenvalue weighted by Gasteiger charge is 2.26. The Morgan fingerprint density at radius 3 is 2.69 bits per heavy atom. The summed E-state index contributed by atoms with van der Waals surface area (Å²) in [7, 11) is 2.10. The minimum atomic E-state index is 0.380. The van der Waals surface area contributed by atoms with E-state index in [1.54, 1.807) is 0 Å². The Balaban J connectivity index is 1.47. The first-order chi connectivity index (χ1) is 12.8. The lowest BCUT2D eigenvalue weighted by atomic mass is 10.0. The fraction of sp³-hybridized carbons (Fsp3) is 0.526. The normalized spacial score (nSPS) is 20.9. The van der Waals surface area contributed by atoms with Gasteiger partial charge in [0.05, 0.1) is 13.2 Å². The van der Waals surface area contributed by atoms with E-state index in [2.05, 4.69) is 37.8 Å². The molecule has 7 nitrogen and oxygen atoms in total. The Hall–Kier alpha value is -2.41. The van der Waals surface area contributed by atoms with Crippen molar-refractivity contribution in [1.82, 2.24) is 15.0 Å². The summed E-state index contributed by atoms with van der Waals surface area (Å²) in [6, 6.07) is 8.46. The molecule has 2 fully saturated rings. The largest absolute Gasteiger partial charge is 0.378 e. The minimum Gasteiger partial charge on any atom is -0.378 e. The molecule has 138 valence electrons. The number of nitrogens with zero attached hydrogens (tertiary/aromatic N) is 6. The van der Waals surface area contributed by atoms with Gasteiger partial charge in [-0.05, 0) is 31.0 Å². The fourth-order valence-corrected chi connectivity index (χ4v) is 3.66. The molecule has 7 heteroatoms. The van der Waals surface area contributed by atoms with Crippen LogP contribution in [0.15, 0.2) is 36.7 Å². The van der Waals surface area contributed by atoms with Crippen LogP contribution in [0.5, 0.6) is 0 Å². The van der Waals surface area contributed by atoms with Gasteiger partial charge in [0.2, 0.25) is 5.95 Å². The standard InChI is InChI=1S/C19H26N6O/c1-23(16-5-4-10-25(15-16)17-6-2-3-8-20-17)19-21-9-7-18(22-19)24-11-13-26-14-12-24/h2-3,6-9,16H,4-5,10-15H2,1H3. The summed E-state index contributed by atoms with van der Waals surface area (Å²) in [6.45, 7) is 5.29. The van der Waals surface area contributed by atoms with Gasteiger partial charge in [-0.1, -0.05) is 6.07 Å². The summed E-state index contributed by atoms with van der Waals surface area (Å²) in [5, 5.41) is 0. The molecule has 0 saturated carbocycles. The molecule has 2 aromatic heterocycles. The predicted octanol–water partition coefficient (Wildman–Crippen LogP) is 1.81. The highest BCUT2D eigenvalue weighted by atomic mass is 16.5. The minimum absolute atomic E-state index is 0.380. The van der Waals surface area contributed by atoms with Gasteiger partial charge in [0, 0.05) is 51.7 Å². The third-order valence-electron chi connectivity index (χ3n) is 5.20. The van der Waals surface area contributed by atoms with Crippen molar-refractivity contribution in [3.05, 3.63) is 36.7 Å². The van der Waals surface area contributed by atoms with Gasteiger partial charge in [-0.2, -0.15) is 4.98 Å². The average Bonchev–Trinajstić information content (AvgIpc) is 2.75. The Bertz CT molecular complexity index is 706. The molecule has 2 aromatic rings. The first kappa shape index (κ1) is 17.0. The number of aromatic nitrogens is 3. The van der Waals surface area contributed by atoms with E-state index in [1.165, 1.54) is 0 Å². The van der Waals surface area contributed by atoms with Crippen LogP contribution in [-0.2, 0) is 4.74 Å². The summed E-state index contributed by atoms with van der Waals surface area (Å²) in [6.07, 6.45) is 6.01. The SMILES string of the molecule is CN(c1nccc(N2CCOCC2)n1)C1CCCN(c2ccccn2)C1. The van der Waals surface area contributed by atoms with E-state index < -0.39 is 0 Å². The number of anilines is 3. The molecule has 26 heavy (non-hydrogen) atoms. The van der Waals surface area contributed by atoms with E-state index in [4.69, 9.17) is 9.72 Å². The Labute approximate surface area is 154 Å². The average molecular weight is 354 g/mol. The molecule has 2 aliphatic rings. The molecule has 0 aliphatic carbocycles. The lowest BCUT2D eigenvalue weighted by Gasteiger charge is -2.38. The zero-order valence-electron chi connectivity index (χ0n) is 15.3. The number of pyridine rings is 1. The van der Waals surface area contributed by atoms with E-state index in [1.807, 2.05) is 30.6 Å². The van der Waals surface area contributed by atoms with Crippen LogP contribution < -0.4 is 14.7 Å². The number of rotatable bonds is 4. The number of piperidine rings is 1. The smallest absolute Gasteiger partial charge is 0.227 e. The summed E-state index contributed by atoms with van der Waals surface area (Å²) in [4.78, 5) is 20.7. The molecular formula is C19H26N6O. The van der Waals surface area contributed by atoms with Crippen LogP contribution >= 0.6 is 0 Å². The lowest BCUT2D eigenvalue weighted by molar-refractivity contribution is 0.122. The maximum absolute atomic E-state index is 5.44. The molecule has 2 saturated heterocycles. The summed E-state index contributed by atoms with van der Waals surface area (Å²) >= 11 is 0. The van der Waals surface area contributed by atoms with Crippen LogP contribution in [0.2, 0.25) is 0 Å². The molecular weight excluding hydrogens is 328 g/mol. The van der Waals surface area contributed by atoms with E-state index in [0.717, 1.165) is 69.8 Å². The van der Waals surface area contributed by atoms with Crippen LogP contribution in [0.3, 0.4) is 0 Å². The van der Waals surface area contributed by atoms with Crippen LogP contribution in [0, 0.1) is 0 Å². The van der Waals surface area contributed by atoms with Crippen molar-refractivity contribution in [3.8, 4) is 0 Å².